The van der Waals surface area contributed by atoms with Crippen molar-refractivity contribution >= 4 is 27.9 Å². The molecule has 4 nitrogen and oxygen atoms in total. The van der Waals surface area contributed by atoms with Crippen molar-refractivity contribution in [1.29, 1.82) is 5.26 Å². The van der Waals surface area contributed by atoms with Gasteiger partial charge in [0.15, 0.2) is 0 Å². The van der Waals surface area contributed by atoms with E-state index in [0.717, 1.165) is 21.1 Å². The van der Waals surface area contributed by atoms with E-state index in [9.17, 15) is 9.65 Å². The molecule has 0 atom stereocenters. The molecule has 0 aliphatic heterocycles. The second-order valence-corrected chi connectivity index (χ2v) is 6.77. The lowest BCUT2D eigenvalue weighted by Gasteiger charge is -2.12. The average molecular weight is 326 g/mol. The number of halogens is 1. The number of nitrogens with one attached hydrogen (secondary N) is 1. The number of nitriles is 1. The molecule has 2 heterocycles. The minimum absolute atomic E-state index is 0.337. The summed E-state index contributed by atoms with van der Waals surface area (Å²) in [4.78, 5) is 9.90. The Bertz CT molecular complexity index is 940. The van der Waals surface area contributed by atoms with Crippen LogP contribution in [0.2, 0.25) is 0 Å². The summed E-state index contributed by atoms with van der Waals surface area (Å²) >= 11 is 1.63. The zero-order valence-electron chi connectivity index (χ0n) is 13.1. The molecule has 0 unspecified atom stereocenters. The molecule has 0 aliphatic rings. The van der Waals surface area contributed by atoms with Crippen molar-refractivity contribution in [2.45, 2.75) is 27.3 Å². The Morgan fingerprint density at radius 1 is 1.30 bits per heavy atom. The molecule has 0 saturated carbocycles. The fourth-order valence-electron chi connectivity index (χ4n) is 2.62. The lowest BCUT2D eigenvalue weighted by atomic mass is 10.1. The van der Waals surface area contributed by atoms with Crippen LogP contribution in [-0.2, 0) is 6.54 Å². The minimum Gasteiger partial charge on any atom is -0.378 e. The zero-order valence-corrected chi connectivity index (χ0v) is 13.9. The van der Waals surface area contributed by atoms with Crippen molar-refractivity contribution in [3.8, 4) is 6.07 Å². The molecule has 0 radical (unpaired) electrons. The van der Waals surface area contributed by atoms with E-state index in [1.807, 2.05) is 20.8 Å². The first-order valence-electron chi connectivity index (χ1n) is 7.15. The highest BCUT2D eigenvalue weighted by Gasteiger charge is 2.13. The van der Waals surface area contributed by atoms with Gasteiger partial charge in [0.2, 0.25) is 0 Å². The molecular weight excluding hydrogens is 311 g/mol. The van der Waals surface area contributed by atoms with E-state index in [2.05, 4.69) is 21.4 Å². The van der Waals surface area contributed by atoms with E-state index in [-0.39, 0.29) is 5.82 Å². The number of pyridine rings is 1. The Morgan fingerprint density at radius 2 is 2.09 bits per heavy atom. The molecular formula is C17H15FN4S. The Balaban J connectivity index is 2.08. The topological polar surface area (TPSA) is 61.6 Å². The van der Waals surface area contributed by atoms with Gasteiger partial charge in [-0.3, -0.25) is 4.98 Å². The Labute approximate surface area is 137 Å². The number of aromatic nitrogens is 2. The highest BCUT2D eigenvalue weighted by Crippen LogP contribution is 2.29. The van der Waals surface area contributed by atoms with E-state index in [1.54, 1.807) is 11.3 Å². The van der Waals surface area contributed by atoms with E-state index in [4.69, 9.17) is 0 Å². The first-order chi connectivity index (χ1) is 11.0. The van der Waals surface area contributed by atoms with Gasteiger partial charge in [-0.05, 0) is 38.5 Å². The summed E-state index contributed by atoms with van der Waals surface area (Å²) in [5.74, 6) is -0.337. The quantitative estimate of drug-likeness (QED) is 0.782. The summed E-state index contributed by atoms with van der Waals surface area (Å²) in [7, 11) is 0. The lowest BCUT2D eigenvalue weighted by molar-refractivity contribution is 0.628. The number of anilines is 1. The van der Waals surface area contributed by atoms with Crippen LogP contribution in [0.5, 0.6) is 0 Å². The third-order valence-electron chi connectivity index (χ3n) is 3.68. The number of nitrogens with zero attached hydrogens (tertiary/aromatic N) is 3. The van der Waals surface area contributed by atoms with Gasteiger partial charge >= 0.3 is 0 Å². The second kappa shape index (κ2) is 5.94. The number of hydrogen-bond acceptors (Lipinski definition) is 5. The van der Waals surface area contributed by atoms with Crippen LogP contribution in [0.15, 0.2) is 18.3 Å². The van der Waals surface area contributed by atoms with E-state index >= 15 is 0 Å². The predicted molar refractivity (Wildman–Crippen MR) is 90.1 cm³/mol. The summed E-state index contributed by atoms with van der Waals surface area (Å²) in [6.45, 7) is 6.27. The fraction of sp³-hybridized carbons (Fsp3) is 0.235. The van der Waals surface area contributed by atoms with Crippen molar-refractivity contribution in [3.63, 3.8) is 0 Å². The normalized spacial score (nSPS) is 10.7. The Kier molecular flexibility index (Phi) is 3.97. The maximum absolute atomic E-state index is 13.8. The van der Waals surface area contributed by atoms with E-state index in [0.29, 0.717) is 28.7 Å². The molecule has 116 valence electrons. The fourth-order valence-corrected chi connectivity index (χ4v) is 3.45. The van der Waals surface area contributed by atoms with Gasteiger partial charge in [-0.2, -0.15) is 5.26 Å². The van der Waals surface area contributed by atoms with Crippen molar-refractivity contribution in [2.24, 2.45) is 0 Å². The lowest BCUT2D eigenvalue weighted by Crippen LogP contribution is -2.05. The molecule has 0 amide bonds. The van der Waals surface area contributed by atoms with Gasteiger partial charge in [0.25, 0.3) is 0 Å². The number of hydrogen-bond donors (Lipinski definition) is 1. The summed E-state index contributed by atoms with van der Waals surface area (Å²) in [6.07, 6.45) is 1.52. The van der Waals surface area contributed by atoms with Gasteiger partial charge in [0.05, 0.1) is 34.0 Å². The van der Waals surface area contributed by atoms with Crippen LogP contribution in [0.25, 0.3) is 10.9 Å². The van der Waals surface area contributed by atoms with Gasteiger partial charge in [0.1, 0.15) is 11.9 Å². The molecule has 0 spiro atoms. The van der Waals surface area contributed by atoms with E-state index in [1.165, 1.54) is 18.3 Å². The molecule has 6 heteroatoms. The monoisotopic (exact) mass is 326 g/mol. The first-order valence-corrected chi connectivity index (χ1v) is 7.97. The zero-order chi connectivity index (χ0) is 16.6. The highest BCUT2D eigenvalue weighted by atomic mass is 32.1. The maximum atomic E-state index is 13.8. The van der Waals surface area contributed by atoms with Crippen molar-refractivity contribution in [3.05, 3.63) is 50.9 Å². The molecule has 0 aliphatic carbocycles. The number of rotatable bonds is 3. The number of aryl methyl sites for hydroxylation is 3. The number of fused-ring (bicyclic) bond motifs is 1. The number of thiazole rings is 1. The molecule has 0 saturated heterocycles. The molecule has 23 heavy (non-hydrogen) atoms. The third-order valence-corrected chi connectivity index (χ3v) is 4.61. The van der Waals surface area contributed by atoms with Crippen molar-refractivity contribution < 1.29 is 4.39 Å². The van der Waals surface area contributed by atoms with Gasteiger partial charge in [-0.1, -0.05) is 0 Å². The second-order valence-electron chi connectivity index (χ2n) is 5.37. The SMILES string of the molecule is Cc1nc(CNc2c(C#N)cnc3c(C)cc(F)cc23)c(C)s1. The van der Waals surface area contributed by atoms with Crippen molar-refractivity contribution in [1.82, 2.24) is 9.97 Å². The molecule has 1 aromatic carbocycles. The summed E-state index contributed by atoms with van der Waals surface area (Å²) < 4.78 is 13.8. The minimum atomic E-state index is -0.337. The Hall–Kier alpha value is -2.52. The molecule has 2 aromatic heterocycles. The van der Waals surface area contributed by atoms with Crippen LogP contribution < -0.4 is 5.32 Å². The smallest absolute Gasteiger partial charge is 0.124 e. The summed E-state index contributed by atoms with van der Waals surface area (Å²) in [5, 5.41) is 14.2. The number of benzene rings is 1. The van der Waals surface area contributed by atoms with E-state index < -0.39 is 0 Å². The largest absolute Gasteiger partial charge is 0.378 e. The van der Waals surface area contributed by atoms with Crippen LogP contribution in [-0.4, -0.2) is 9.97 Å². The van der Waals surface area contributed by atoms with Gasteiger partial charge in [-0.15, -0.1) is 11.3 Å². The van der Waals surface area contributed by atoms with Crippen LogP contribution in [0.3, 0.4) is 0 Å². The molecule has 3 rings (SSSR count). The van der Waals surface area contributed by atoms with Gasteiger partial charge in [0, 0.05) is 16.5 Å². The maximum Gasteiger partial charge on any atom is 0.124 e. The summed E-state index contributed by atoms with van der Waals surface area (Å²) in [6, 6.07) is 4.98. The average Bonchev–Trinajstić information content (AvgIpc) is 2.82. The summed E-state index contributed by atoms with van der Waals surface area (Å²) in [5.41, 5.74) is 3.37. The standard InChI is InChI=1S/C17H15FN4S/c1-9-4-13(18)5-14-16(9)20-7-12(6-19)17(14)21-8-15-10(2)23-11(3)22-15/h4-5,7H,8H2,1-3H3,(H,20,21). The van der Waals surface area contributed by atoms with Gasteiger partial charge < -0.3 is 5.32 Å². The third kappa shape index (κ3) is 2.88. The van der Waals surface area contributed by atoms with Gasteiger partial charge in [-0.25, -0.2) is 9.37 Å². The molecule has 1 N–H and O–H groups in total. The van der Waals surface area contributed by atoms with Crippen LogP contribution in [0.1, 0.15) is 26.7 Å². The van der Waals surface area contributed by atoms with Crippen molar-refractivity contribution in [2.75, 3.05) is 5.32 Å². The molecule has 0 bridgehead atoms. The predicted octanol–water partition coefficient (Wildman–Crippen LogP) is 4.24. The van der Waals surface area contributed by atoms with Crippen LogP contribution in [0.4, 0.5) is 10.1 Å². The highest BCUT2D eigenvalue weighted by molar-refractivity contribution is 7.11. The molecule has 0 fully saturated rings. The first kappa shape index (κ1) is 15.4. The van der Waals surface area contributed by atoms with Crippen LogP contribution >= 0.6 is 11.3 Å². The van der Waals surface area contributed by atoms with Crippen LogP contribution in [0, 0.1) is 37.9 Å². The molecule has 3 aromatic rings. The Morgan fingerprint density at radius 3 is 2.74 bits per heavy atom.